The molecule has 1 N–H and O–H groups in total. The smallest absolute Gasteiger partial charge is 0.261 e. The molecule has 0 aliphatic heterocycles. The van der Waals surface area contributed by atoms with Gasteiger partial charge in [0.15, 0.2) is 0 Å². The van der Waals surface area contributed by atoms with E-state index in [0.717, 1.165) is 9.35 Å². The monoisotopic (exact) mass is 310 g/mol. The van der Waals surface area contributed by atoms with Crippen LogP contribution in [0.5, 0.6) is 0 Å². The number of amides is 1. The molecule has 0 unspecified atom stereocenters. The van der Waals surface area contributed by atoms with E-state index in [9.17, 15) is 4.79 Å². The molecular formula is C12H11BrN2OS. The third-order valence-electron chi connectivity index (χ3n) is 2.35. The molecule has 0 spiro atoms. The zero-order chi connectivity index (χ0) is 12.3. The van der Waals surface area contributed by atoms with Crippen LogP contribution in [0.15, 0.2) is 40.4 Å². The van der Waals surface area contributed by atoms with Gasteiger partial charge in [-0.25, -0.2) is 0 Å². The van der Waals surface area contributed by atoms with Gasteiger partial charge in [0, 0.05) is 12.4 Å². The maximum absolute atomic E-state index is 11.9. The van der Waals surface area contributed by atoms with Crippen molar-refractivity contribution in [1.29, 1.82) is 0 Å². The minimum atomic E-state index is -0.0509. The van der Waals surface area contributed by atoms with Gasteiger partial charge in [0.25, 0.3) is 5.91 Å². The highest BCUT2D eigenvalue weighted by Gasteiger charge is 2.12. The second-order valence-electron chi connectivity index (χ2n) is 3.58. The summed E-state index contributed by atoms with van der Waals surface area (Å²) in [5.74, 6) is -0.0509. The average Bonchev–Trinajstić information content (AvgIpc) is 2.77. The third kappa shape index (κ3) is 3.14. The van der Waals surface area contributed by atoms with Gasteiger partial charge in [0.2, 0.25) is 0 Å². The number of halogens is 1. The Kier molecular flexibility index (Phi) is 3.91. The molecule has 88 valence electrons. The van der Waals surface area contributed by atoms with E-state index in [2.05, 4.69) is 26.2 Å². The van der Waals surface area contributed by atoms with Gasteiger partial charge in [-0.15, -0.1) is 11.3 Å². The van der Waals surface area contributed by atoms with Gasteiger partial charge in [-0.2, -0.15) is 0 Å². The van der Waals surface area contributed by atoms with E-state index in [1.165, 1.54) is 11.3 Å². The van der Waals surface area contributed by atoms with Crippen molar-refractivity contribution in [3.05, 3.63) is 50.9 Å². The fourth-order valence-corrected chi connectivity index (χ4v) is 2.73. The first-order chi connectivity index (χ1) is 8.16. The van der Waals surface area contributed by atoms with Crippen LogP contribution in [0.1, 0.15) is 28.2 Å². The van der Waals surface area contributed by atoms with E-state index >= 15 is 0 Å². The molecule has 0 bridgehead atoms. The highest BCUT2D eigenvalue weighted by Crippen LogP contribution is 2.22. The summed E-state index contributed by atoms with van der Waals surface area (Å²) in [6.45, 7) is 1.95. The summed E-state index contributed by atoms with van der Waals surface area (Å²) in [6.07, 6.45) is 3.44. The number of hydrogen-bond donors (Lipinski definition) is 1. The zero-order valence-electron chi connectivity index (χ0n) is 9.18. The Bertz CT molecular complexity index is 512. The first-order valence-electron chi connectivity index (χ1n) is 5.13. The predicted octanol–water partition coefficient (Wildman–Crippen LogP) is 3.40. The maximum Gasteiger partial charge on any atom is 0.261 e. The van der Waals surface area contributed by atoms with Crippen molar-refractivity contribution in [2.24, 2.45) is 0 Å². The third-order valence-corrected chi connectivity index (χ3v) is 3.97. The number of pyridine rings is 1. The number of rotatable bonds is 3. The Morgan fingerprint density at radius 3 is 2.65 bits per heavy atom. The quantitative estimate of drug-likeness (QED) is 0.944. The van der Waals surface area contributed by atoms with Crippen molar-refractivity contribution < 1.29 is 4.79 Å². The molecule has 17 heavy (non-hydrogen) atoms. The lowest BCUT2D eigenvalue weighted by Crippen LogP contribution is -2.25. The predicted molar refractivity (Wildman–Crippen MR) is 72.1 cm³/mol. The van der Waals surface area contributed by atoms with Crippen LogP contribution in [-0.2, 0) is 0 Å². The fourth-order valence-electron chi connectivity index (χ4n) is 1.44. The number of aromatic nitrogens is 1. The Labute approximate surface area is 112 Å². The molecule has 3 nitrogen and oxygen atoms in total. The summed E-state index contributed by atoms with van der Waals surface area (Å²) in [7, 11) is 0. The van der Waals surface area contributed by atoms with Crippen LogP contribution in [0.2, 0.25) is 0 Å². The van der Waals surface area contributed by atoms with Gasteiger partial charge in [0.05, 0.1) is 14.7 Å². The molecule has 2 rings (SSSR count). The Morgan fingerprint density at radius 1 is 1.35 bits per heavy atom. The van der Waals surface area contributed by atoms with Gasteiger partial charge in [-0.3, -0.25) is 9.78 Å². The van der Waals surface area contributed by atoms with E-state index in [1.54, 1.807) is 12.4 Å². The summed E-state index contributed by atoms with van der Waals surface area (Å²) in [6, 6.07) is 7.45. The van der Waals surface area contributed by atoms with E-state index < -0.39 is 0 Å². The van der Waals surface area contributed by atoms with Gasteiger partial charge in [0.1, 0.15) is 0 Å². The van der Waals surface area contributed by atoms with Crippen LogP contribution >= 0.6 is 27.3 Å². The second kappa shape index (κ2) is 5.42. The molecule has 0 saturated heterocycles. The Balaban J connectivity index is 2.04. The number of hydrogen-bond acceptors (Lipinski definition) is 3. The molecule has 5 heteroatoms. The Morgan fingerprint density at radius 2 is 2.06 bits per heavy atom. The standard InChI is InChI=1S/C12H11BrN2OS/c1-8(9-4-6-14-7-5-9)15-12(16)10-2-3-11(13)17-10/h2-8H,1H3,(H,15,16)/t8-/m1/s1. The lowest BCUT2D eigenvalue weighted by Gasteiger charge is -2.13. The van der Waals surface area contributed by atoms with Crippen LogP contribution in [0.3, 0.4) is 0 Å². The number of carbonyl (C=O) groups is 1. The minimum absolute atomic E-state index is 0.0219. The first-order valence-corrected chi connectivity index (χ1v) is 6.74. The summed E-state index contributed by atoms with van der Waals surface area (Å²) in [5, 5.41) is 2.95. The highest BCUT2D eigenvalue weighted by atomic mass is 79.9. The molecule has 0 saturated carbocycles. The first kappa shape index (κ1) is 12.3. The van der Waals surface area contributed by atoms with Crippen LogP contribution in [0.4, 0.5) is 0 Å². The summed E-state index contributed by atoms with van der Waals surface area (Å²) in [4.78, 5) is 16.6. The van der Waals surface area contributed by atoms with Crippen molar-refractivity contribution in [3.8, 4) is 0 Å². The second-order valence-corrected chi connectivity index (χ2v) is 6.04. The van der Waals surface area contributed by atoms with Crippen molar-refractivity contribution >= 4 is 33.2 Å². The van der Waals surface area contributed by atoms with Crippen molar-refractivity contribution in [1.82, 2.24) is 10.3 Å². The van der Waals surface area contributed by atoms with Crippen LogP contribution in [0, 0.1) is 0 Å². The van der Waals surface area contributed by atoms with E-state index in [1.807, 2.05) is 31.2 Å². The van der Waals surface area contributed by atoms with E-state index in [0.29, 0.717) is 4.88 Å². The normalized spacial score (nSPS) is 12.1. The molecule has 1 atom stereocenters. The van der Waals surface area contributed by atoms with Gasteiger partial charge in [-0.05, 0) is 52.7 Å². The molecule has 0 aliphatic rings. The number of nitrogens with zero attached hydrogens (tertiary/aromatic N) is 1. The van der Waals surface area contributed by atoms with E-state index in [-0.39, 0.29) is 11.9 Å². The molecule has 2 heterocycles. The molecule has 0 fully saturated rings. The number of nitrogens with one attached hydrogen (secondary N) is 1. The minimum Gasteiger partial charge on any atom is -0.345 e. The molecule has 2 aromatic rings. The maximum atomic E-state index is 11.9. The van der Waals surface area contributed by atoms with Crippen LogP contribution < -0.4 is 5.32 Å². The molecule has 0 aromatic carbocycles. The van der Waals surface area contributed by atoms with Crippen LogP contribution in [-0.4, -0.2) is 10.9 Å². The largest absolute Gasteiger partial charge is 0.345 e. The van der Waals surface area contributed by atoms with Gasteiger partial charge >= 0.3 is 0 Å². The number of carbonyl (C=O) groups excluding carboxylic acids is 1. The molecule has 0 aliphatic carbocycles. The lowest BCUT2D eigenvalue weighted by atomic mass is 10.1. The zero-order valence-corrected chi connectivity index (χ0v) is 11.6. The average molecular weight is 311 g/mol. The lowest BCUT2D eigenvalue weighted by molar-refractivity contribution is 0.0944. The summed E-state index contributed by atoms with van der Waals surface area (Å²) < 4.78 is 0.958. The molecule has 0 radical (unpaired) electrons. The topological polar surface area (TPSA) is 42.0 Å². The van der Waals surface area contributed by atoms with Crippen molar-refractivity contribution in [2.75, 3.05) is 0 Å². The highest BCUT2D eigenvalue weighted by molar-refractivity contribution is 9.11. The molecule has 1 amide bonds. The SMILES string of the molecule is C[C@@H](NC(=O)c1ccc(Br)s1)c1ccncc1. The van der Waals surface area contributed by atoms with Crippen molar-refractivity contribution in [3.63, 3.8) is 0 Å². The Hall–Kier alpha value is -1.20. The van der Waals surface area contributed by atoms with E-state index in [4.69, 9.17) is 0 Å². The number of thiophene rings is 1. The summed E-state index contributed by atoms with van der Waals surface area (Å²) in [5.41, 5.74) is 1.05. The molecular weight excluding hydrogens is 300 g/mol. The van der Waals surface area contributed by atoms with Gasteiger partial charge < -0.3 is 5.32 Å². The van der Waals surface area contributed by atoms with Crippen LogP contribution in [0.25, 0.3) is 0 Å². The fraction of sp³-hybridized carbons (Fsp3) is 0.167. The molecule has 2 aromatic heterocycles. The van der Waals surface area contributed by atoms with Crippen molar-refractivity contribution in [2.45, 2.75) is 13.0 Å². The summed E-state index contributed by atoms with van der Waals surface area (Å²) >= 11 is 4.77. The van der Waals surface area contributed by atoms with Gasteiger partial charge in [-0.1, -0.05) is 0 Å².